The fraction of sp³-hybridized carbons (Fsp3) is 0.630. The van der Waals surface area contributed by atoms with Crippen LogP contribution in [0.25, 0.3) is 11.0 Å². The number of aromatic nitrogens is 5. The molecule has 0 N–H and O–H groups in total. The summed E-state index contributed by atoms with van der Waals surface area (Å²) in [4.78, 5) is 15.0. The van der Waals surface area contributed by atoms with Crippen molar-refractivity contribution in [2.75, 3.05) is 6.61 Å². The van der Waals surface area contributed by atoms with E-state index in [1.165, 1.54) is 49.1 Å². The Morgan fingerprint density at radius 3 is 2.58 bits per heavy atom. The second-order valence-electron chi connectivity index (χ2n) is 11.0. The van der Waals surface area contributed by atoms with Crippen molar-refractivity contribution in [2.45, 2.75) is 96.1 Å². The second kappa shape index (κ2) is 7.59. The van der Waals surface area contributed by atoms with E-state index in [0.29, 0.717) is 17.4 Å². The van der Waals surface area contributed by atoms with Crippen LogP contribution in [0.1, 0.15) is 106 Å². The average Bonchev–Trinajstić information content (AvgIpc) is 3.53. The lowest BCUT2D eigenvalue weighted by molar-refractivity contribution is -0.127. The zero-order chi connectivity index (χ0) is 22.8. The van der Waals surface area contributed by atoms with E-state index < -0.39 is 0 Å². The first-order chi connectivity index (χ1) is 16.0. The predicted molar refractivity (Wildman–Crippen MR) is 128 cm³/mol. The van der Waals surface area contributed by atoms with E-state index in [0.717, 1.165) is 36.2 Å². The number of hydrogen-bond acceptors (Lipinski definition) is 5. The number of aryl methyl sites for hydroxylation is 1. The Morgan fingerprint density at radius 2 is 1.85 bits per heavy atom. The molecule has 33 heavy (non-hydrogen) atoms. The number of rotatable bonds is 4. The molecule has 0 aromatic carbocycles. The van der Waals surface area contributed by atoms with Gasteiger partial charge in [0.1, 0.15) is 5.52 Å². The molecule has 1 aliphatic heterocycles. The highest BCUT2D eigenvalue weighted by molar-refractivity contribution is 5.79. The molecule has 174 valence electrons. The summed E-state index contributed by atoms with van der Waals surface area (Å²) in [5.74, 6) is 0.386. The molecule has 4 aliphatic carbocycles. The van der Waals surface area contributed by atoms with Gasteiger partial charge in [-0.25, -0.2) is 4.98 Å². The smallest absolute Gasteiger partial charge is 0.111 e. The van der Waals surface area contributed by atoms with E-state index in [4.69, 9.17) is 19.7 Å². The van der Waals surface area contributed by atoms with Crippen LogP contribution in [0.5, 0.6) is 0 Å². The molecule has 6 heteroatoms. The molecule has 4 saturated carbocycles. The summed E-state index contributed by atoms with van der Waals surface area (Å²) in [5.41, 5.74) is 7.38. The fourth-order valence-corrected chi connectivity index (χ4v) is 6.61. The average molecular weight is 446 g/mol. The zero-order valence-electron chi connectivity index (χ0n) is 20.3. The summed E-state index contributed by atoms with van der Waals surface area (Å²) < 4.78 is 8.30. The van der Waals surface area contributed by atoms with Crippen molar-refractivity contribution in [3.63, 3.8) is 0 Å². The van der Waals surface area contributed by atoms with Crippen molar-refractivity contribution in [1.29, 1.82) is 0 Å². The van der Waals surface area contributed by atoms with Gasteiger partial charge >= 0.3 is 0 Å². The molecule has 2 bridgehead atoms. The van der Waals surface area contributed by atoms with Crippen molar-refractivity contribution in [2.24, 2.45) is 5.41 Å². The van der Waals surface area contributed by atoms with Gasteiger partial charge in [-0.2, -0.15) is 5.10 Å². The first-order valence-corrected chi connectivity index (χ1v) is 12.8. The molecule has 0 unspecified atom stereocenters. The lowest BCUT2D eigenvalue weighted by Crippen LogP contribution is -2.63. The van der Waals surface area contributed by atoms with Crippen LogP contribution in [0.2, 0.25) is 0 Å². The fourth-order valence-electron chi connectivity index (χ4n) is 6.61. The maximum absolute atomic E-state index is 6.18. The summed E-state index contributed by atoms with van der Waals surface area (Å²) >= 11 is 0. The molecule has 0 amide bonds. The molecule has 2 atom stereocenters. The van der Waals surface area contributed by atoms with Crippen LogP contribution in [0.4, 0.5) is 0 Å². The van der Waals surface area contributed by atoms with Crippen molar-refractivity contribution < 1.29 is 4.74 Å². The Kier molecular flexibility index (Phi) is 4.88. The largest absolute Gasteiger partial charge is 0.373 e. The van der Waals surface area contributed by atoms with Crippen molar-refractivity contribution in [3.05, 3.63) is 47.3 Å². The molecule has 6 nitrogen and oxygen atoms in total. The Hall–Kier alpha value is -2.34. The van der Waals surface area contributed by atoms with Gasteiger partial charge in [-0.05, 0) is 63.4 Å². The van der Waals surface area contributed by atoms with Crippen LogP contribution in [-0.2, 0) is 10.2 Å². The highest BCUT2D eigenvalue weighted by Crippen LogP contribution is 2.73. The van der Waals surface area contributed by atoms with Gasteiger partial charge in [0.25, 0.3) is 0 Å². The summed E-state index contributed by atoms with van der Waals surface area (Å²) in [7, 11) is 0. The Bertz CT molecular complexity index is 1180. The van der Waals surface area contributed by atoms with Crippen LogP contribution in [0.3, 0.4) is 0 Å². The maximum Gasteiger partial charge on any atom is 0.111 e. The normalized spacial score (nSPS) is 32.5. The zero-order valence-corrected chi connectivity index (χ0v) is 20.3. The van der Waals surface area contributed by atoms with Crippen LogP contribution in [0, 0.1) is 12.3 Å². The first kappa shape index (κ1) is 21.2. The topological polar surface area (TPSA) is 65.7 Å². The number of nitrogens with zero attached hydrogens (tertiary/aromatic N) is 5. The van der Waals surface area contributed by atoms with Gasteiger partial charge in [0, 0.05) is 41.6 Å². The van der Waals surface area contributed by atoms with E-state index in [2.05, 4.69) is 29.0 Å². The minimum Gasteiger partial charge on any atom is -0.373 e. The molecule has 0 spiro atoms. The van der Waals surface area contributed by atoms with Crippen LogP contribution >= 0.6 is 0 Å². The van der Waals surface area contributed by atoms with E-state index in [1.54, 1.807) is 0 Å². The van der Waals surface area contributed by atoms with Gasteiger partial charge < -0.3 is 4.74 Å². The van der Waals surface area contributed by atoms with E-state index >= 15 is 0 Å². The third kappa shape index (κ3) is 3.49. The SMILES string of the molecule is CC.Cc1cnc2c(C34CC(C)(C3)C4)nc([C@@H]3CCO[C@H](c4cnn(C5CC5)c4)C3)cc2n1. The third-order valence-electron chi connectivity index (χ3n) is 8.08. The molecular weight excluding hydrogens is 410 g/mol. The van der Waals surface area contributed by atoms with Crippen LogP contribution < -0.4 is 0 Å². The van der Waals surface area contributed by atoms with Crippen molar-refractivity contribution >= 4 is 11.0 Å². The van der Waals surface area contributed by atoms with Gasteiger partial charge in [0.15, 0.2) is 0 Å². The minimum atomic E-state index is 0.102. The van der Waals surface area contributed by atoms with Crippen molar-refractivity contribution in [1.82, 2.24) is 24.7 Å². The monoisotopic (exact) mass is 445 g/mol. The molecule has 5 aliphatic rings. The van der Waals surface area contributed by atoms with Gasteiger partial charge in [0.2, 0.25) is 0 Å². The van der Waals surface area contributed by atoms with E-state index in [1.807, 2.05) is 33.2 Å². The standard InChI is InChI=1S/C25H29N5O.C2H6/c1-15-9-26-22-20(28-15)8-19(29-23(22)25-12-24(2,13-25)14-25)16-5-6-31-21(7-16)17-10-27-30(11-17)18-3-4-18;1-2/h8-11,16,18,21H,3-7,12-14H2,1-2H3;1-2H3/t16-,21+,24?,25?;/m1./s1. The summed E-state index contributed by atoms with van der Waals surface area (Å²) in [6.07, 6.45) is 14.4. The summed E-state index contributed by atoms with van der Waals surface area (Å²) in [5, 5.41) is 4.58. The maximum atomic E-state index is 6.18. The number of fused-ring (bicyclic) bond motifs is 1. The van der Waals surface area contributed by atoms with Gasteiger partial charge in [-0.15, -0.1) is 0 Å². The van der Waals surface area contributed by atoms with Crippen molar-refractivity contribution in [3.8, 4) is 0 Å². The Labute approximate surface area is 196 Å². The summed E-state index contributed by atoms with van der Waals surface area (Å²) in [6, 6.07) is 2.81. The molecule has 3 aromatic heterocycles. The lowest BCUT2D eigenvalue weighted by atomic mass is 9.35. The number of hydrogen-bond donors (Lipinski definition) is 0. The quantitative estimate of drug-likeness (QED) is 0.495. The second-order valence-corrected chi connectivity index (χ2v) is 11.0. The minimum absolute atomic E-state index is 0.102. The highest BCUT2D eigenvalue weighted by Gasteiger charge is 2.67. The molecule has 0 radical (unpaired) electrons. The molecule has 8 rings (SSSR count). The van der Waals surface area contributed by atoms with Gasteiger partial charge in [0.05, 0.1) is 35.2 Å². The molecule has 5 fully saturated rings. The number of ether oxygens (including phenoxy) is 1. The number of pyridine rings is 1. The molecular formula is C27H35N5O. The third-order valence-corrected chi connectivity index (χ3v) is 8.08. The first-order valence-electron chi connectivity index (χ1n) is 12.8. The Balaban J connectivity index is 0.00000101. The van der Waals surface area contributed by atoms with E-state index in [9.17, 15) is 0 Å². The molecule has 3 aromatic rings. The van der Waals surface area contributed by atoms with E-state index in [-0.39, 0.29) is 11.5 Å². The highest BCUT2D eigenvalue weighted by atomic mass is 16.5. The molecule has 1 saturated heterocycles. The predicted octanol–water partition coefficient (Wildman–Crippen LogP) is 5.97. The van der Waals surface area contributed by atoms with Crippen LogP contribution in [-0.4, -0.2) is 31.3 Å². The van der Waals surface area contributed by atoms with Gasteiger partial charge in [-0.1, -0.05) is 20.8 Å². The Morgan fingerprint density at radius 1 is 1.06 bits per heavy atom. The lowest BCUT2D eigenvalue weighted by Gasteiger charge is -2.69. The van der Waals surface area contributed by atoms with Gasteiger partial charge in [-0.3, -0.25) is 14.6 Å². The van der Waals surface area contributed by atoms with Crippen LogP contribution in [0.15, 0.2) is 24.7 Å². The summed E-state index contributed by atoms with van der Waals surface area (Å²) in [6.45, 7) is 9.19. The molecule has 4 heterocycles.